The number of carbonyl (C=O) groups excluding carboxylic acids is 2. The fraction of sp³-hybridized carbons (Fsp3) is 0.600. The number of rotatable bonds is 8. The number of hydrogen-bond donors (Lipinski definition) is 2. The van der Waals surface area contributed by atoms with Crippen LogP contribution in [0.1, 0.15) is 44.9 Å². The van der Waals surface area contributed by atoms with Crippen molar-refractivity contribution in [2.75, 3.05) is 6.54 Å². The predicted octanol–water partition coefficient (Wildman–Crippen LogP) is 0.205. The van der Waals surface area contributed by atoms with E-state index in [1.54, 1.807) is 17.1 Å². The normalized spacial score (nSPS) is 22.3. The zero-order chi connectivity index (χ0) is 21.0. The van der Waals surface area contributed by atoms with Gasteiger partial charge in [0.1, 0.15) is 5.54 Å². The molecule has 0 aliphatic heterocycles. The van der Waals surface area contributed by atoms with Crippen LogP contribution in [0.4, 0.5) is 0 Å². The molecule has 2 unspecified atom stereocenters. The Bertz CT molecular complexity index is 936. The number of aryl methyl sites for hydroxylation is 1. The van der Waals surface area contributed by atoms with E-state index in [1.807, 2.05) is 0 Å². The molecule has 30 heavy (non-hydrogen) atoms. The van der Waals surface area contributed by atoms with Crippen molar-refractivity contribution in [2.24, 2.45) is 5.92 Å². The Morgan fingerprint density at radius 3 is 2.77 bits per heavy atom. The molecule has 0 aromatic carbocycles. The van der Waals surface area contributed by atoms with Crippen LogP contribution in [-0.4, -0.2) is 48.9 Å². The molecular weight excluding hydrogens is 386 g/mol. The van der Waals surface area contributed by atoms with E-state index in [4.69, 9.17) is 0 Å². The molecule has 2 saturated carbocycles. The second-order valence-electron chi connectivity index (χ2n) is 8.17. The largest absolute Gasteiger partial charge is 0.354 e. The number of amides is 2. The smallest absolute Gasteiger partial charge is 0.253 e. The molecule has 2 N–H and O–H groups in total. The highest BCUT2D eigenvalue weighted by Crippen LogP contribution is 2.43. The first-order valence-corrected chi connectivity index (χ1v) is 10.5. The molecule has 2 fully saturated rings. The van der Waals surface area contributed by atoms with E-state index < -0.39 is 5.54 Å². The molecule has 160 valence electrons. The van der Waals surface area contributed by atoms with Gasteiger partial charge in [-0.25, -0.2) is 9.67 Å². The summed E-state index contributed by atoms with van der Waals surface area (Å²) in [6.07, 6.45) is 11.9. The van der Waals surface area contributed by atoms with Gasteiger partial charge in [-0.15, -0.1) is 5.10 Å². The molecule has 0 saturated heterocycles. The van der Waals surface area contributed by atoms with Gasteiger partial charge in [-0.2, -0.15) is 0 Å². The Morgan fingerprint density at radius 1 is 1.20 bits per heavy atom. The lowest BCUT2D eigenvalue weighted by atomic mass is 9.84. The van der Waals surface area contributed by atoms with Gasteiger partial charge in [-0.3, -0.25) is 19.0 Å². The Labute approximate surface area is 174 Å². The zero-order valence-electron chi connectivity index (χ0n) is 16.9. The summed E-state index contributed by atoms with van der Waals surface area (Å²) in [4.78, 5) is 40.9. The second kappa shape index (κ2) is 8.76. The van der Waals surface area contributed by atoms with Crippen LogP contribution in [0.2, 0.25) is 0 Å². The Hall–Kier alpha value is -3.04. The van der Waals surface area contributed by atoms with E-state index in [-0.39, 0.29) is 35.8 Å². The van der Waals surface area contributed by atoms with Gasteiger partial charge in [0.15, 0.2) is 0 Å². The lowest BCUT2D eigenvalue weighted by Crippen LogP contribution is -2.48. The van der Waals surface area contributed by atoms with Crippen molar-refractivity contribution < 1.29 is 9.59 Å². The van der Waals surface area contributed by atoms with E-state index in [9.17, 15) is 14.4 Å². The van der Waals surface area contributed by atoms with E-state index in [1.165, 1.54) is 23.2 Å². The van der Waals surface area contributed by atoms with Crippen molar-refractivity contribution in [3.05, 3.63) is 41.3 Å². The van der Waals surface area contributed by atoms with Crippen LogP contribution < -0.4 is 16.2 Å². The van der Waals surface area contributed by atoms with E-state index in [2.05, 4.69) is 25.9 Å². The summed E-state index contributed by atoms with van der Waals surface area (Å²) >= 11 is 0. The first-order valence-electron chi connectivity index (χ1n) is 10.5. The van der Waals surface area contributed by atoms with Crippen LogP contribution in [0.3, 0.4) is 0 Å². The van der Waals surface area contributed by atoms with Crippen LogP contribution >= 0.6 is 0 Å². The number of aromatic nitrogens is 5. The van der Waals surface area contributed by atoms with Crippen LogP contribution in [0.25, 0.3) is 0 Å². The quantitative estimate of drug-likeness (QED) is 0.637. The van der Waals surface area contributed by atoms with Gasteiger partial charge in [0.2, 0.25) is 11.8 Å². The highest BCUT2D eigenvalue weighted by atomic mass is 16.2. The topological polar surface area (TPSA) is 124 Å². The van der Waals surface area contributed by atoms with Gasteiger partial charge in [0.25, 0.3) is 5.56 Å². The second-order valence-corrected chi connectivity index (χ2v) is 8.17. The van der Waals surface area contributed by atoms with Crippen LogP contribution in [0.5, 0.6) is 0 Å². The van der Waals surface area contributed by atoms with Gasteiger partial charge in [0.05, 0.1) is 12.5 Å². The Balaban J connectivity index is 1.29. The molecule has 4 rings (SSSR count). The van der Waals surface area contributed by atoms with E-state index in [0.717, 1.165) is 38.5 Å². The average molecular weight is 413 g/mol. The Kier molecular flexibility index (Phi) is 5.91. The summed E-state index contributed by atoms with van der Waals surface area (Å²) in [6, 6.07) is 1.41. The summed E-state index contributed by atoms with van der Waals surface area (Å²) in [6.45, 7) is 0.829. The van der Waals surface area contributed by atoms with E-state index in [0.29, 0.717) is 13.1 Å². The lowest BCUT2D eigenvalue weighted by Gasteiger charge is -2.32. The van der Waals surface area contributed by atoms with Crippen molar-refractivity contribution in [3.63, 3.8) is 0 Å². The van der Waals surface area contributed by atoms with Gasteiger partial charge < -0.3 is 10.6 Å². The maximum Gasteiger partial charge on any atom is 0.253 e. The third-order valence-electron chi connectivity index (χ3n) is 6.16. The summed E-state index contributed by atoms with van der Waals surface area (Å²) in [7, 11) is 0. The fourth-order valence-corrected chi connectivity index (χ4v) is 4.19. The fourth-order valence-electron chi connectivity index (χ4n) is 4.19. The monoisotopic (exact) mass is 413 g/mol. The third kappa shape index (κ3) is 4.42. The minimum absolute atomic E-state index is 0.0266. The molecule has 0 bridgehead atoms. The maximum atomic E-state index is 12.8. The third-order valence-corrected chi connectivity index (χ3v) is 6.16. The Morgan fingerprint density at radius 2 is 2.03 bits per heavy atom. The number of nitrogens with one attached hydrogen (secondary N) is 2. The average Bonchev–Trinajstić information content (AvgIpc) is 3.38. The molecule has 2 aliphatic rings. The number of hydrogen-bond acceptors (Lipinski definition) is 6. The number of carbonyl (C=O) groups is 2. The molecule has 0 spiro atoms. The molecule has 2 aromatic heterocycles. The lowest BCUT2D eigenvalue weighted by molar-refractivity contribution is -0.126. The van der Waals surface area contributed by atoms with Crippen LogP contribution in [0, 0.1) is 5.92 Å². The SMILES string of the molecule is O=C(CCn1cnccc1=O)NC1CCCCC1CNC(=O)C1(n2ccnn2)CC1. The van der Waals surface area contributed by atoms with Crippen molar-refractivity contribution in [1.29, 1.82) is 0 Å². The van der Waals surface area contributed by atoms with Crippen LogP contribution in [-0.2, 0) is 21.7 Å². The molecule has 2 heterocycles. The molecule has 2 amide bonds. The standard InChI is InChI=1S/C20H27N7O3/c28-17(6-11-26-14-21-9-5-18(26)29)24-16-4-2-1-3-15(16)13-22-19(30)20(7-8-20)27-12-10-23-25-27/h5,9-10,12,14-16H,1-4,6-8,11,13H2,(H,22,30)(H,24,28). The van der Waals surface area contributed by atoms with Crippen LogP contribution in [0.15, 0.2) is 35.8 Å². The summed E-state index contributed by atoms with van der Waals surface area (Å²) in [5.74, 6) is 0.0779. The molecule has 2 aromatic rings. The van der Waals surface area contributed by atoms with Crippen molar-refractivity contribution in [3.8, 4) is 0 Å². The predicted molar refractivity (Wildman–Crippen MR) is 107 cm³/mol. The molecular formula is C20H27N7O3. The first-order chi connectivity index (χ1) is 14.6. The highest BCUT2D eigenvalue weighted by Gasteiger charge is 2.52. The summed E-state index contributed by atoms with van der Waals surface area (Å²) < 4.78 is 3.07. The molecule has 10 heteroatoms. The van der Waals surface area contributed by atoms with Crippen molar-refractivity contribution in [1.82, 2.24) is 35.2 Å². The van der Waals surface area contributed by atoms with Gasteiger partial charge >= 0.3 is 0 Å². The summed E-state index contributed by atoms with van der Waals surface area (Å²) in [5, 5.41) is 14.0. The van der Waals surface area contributed by atoms with Gasteiger partial charge in [-0.1, -0.05) is 18.1 Å². The molecule has 2 aliphatic carbocycles. The molecule has 2 atom stereocenters. The highest BCUT2D eigenvalue weighted by molar-refractivity contribution is 5.87. The van der Waals surface area contributed by atoms with Crippen molar-refractivity contribution in [2.45, 2.75) is 63.1 Å². The minimum atomic E-state index is -0.596. The summed E-state index contributed by atoms with van der Waals surface area (Å²) in [5.41, 5.74) is -0.765. The minimum Gasteiger partial charge on any atom is -0.354 e. The molecule has 0 radical (unpaired) electrons. The van der Waals surface area contributed by atoms with E-state index >= 15 is 0 Å². The van der Waals surface area contributed by atoms with Gasteiger partial charge in [-0.05, 0) is 31.6 Å². The molecule has 10 nitrogen and oxygen atoms in total. The maximum absolute atomic E-state index is 12.8. The zero-order valence-corrected chi connectivity index (χ0v) is 16.9. The van der Waals surface area contributed by atoms with Crippen molar-refractivity contribution >= 4 is 11.8 Å². The number of nitrogens with zero attached hydrogens (tertiary/aromatic N) is 5. The van der Waals surface area contributed by atoms with Gasteiger partial charge in [0, 0.05) is 44.0 Å². The first kappa shape index (κ1) is 20.2.